The van der Waals surface area contributed by atoms with Crippen molar-refractivity contribution in [1.82, 2.24) is 0 Å². The fraction of sp³-hybridized carbons (Fsp3) is 0.471. The Morgan fingerprint density at radius 2 is 1.91 bits per heavy atom. The molecular formula is C17H21BrF2O2. The minimum absolute atomic E-state index is 0.153. The van der Waals surface area contributed by atoms with Gasteiger partial charge in [-0.3, -0.25) is 4.79 Å². The smallest absolute Gasteiger partial charge is 0.313 e. The number of allylic oxidation sites excluding steroid dienone is 1. The van der Waals surface area contributed by atoms with E-state index in [0.717, 1.165) is 5.56 Å². The molecule has 0 saturated heterocycles. The molecule has 0 bridgehead atoms. The van der Waals surface area contributed by atoms with Crippen LogP contribution in [0.5, 0.6) is 0 Å². The molecule has 0 aliphatic heterocycles. The second-order valence-corrected chi connectivity index (χ2v) is 5.86. The first-order valence-electron chi connectivity index (χ1n) is 7.10. The summed E-state index contributed by atoms with van der Waals surface area (Å²) in [6.45, 7) is 7.78. The van der Waals surface area contributed by atoms with E-state index in [0.29, 0.717) is 10.9 Å². The van der Waals surface area contributed by atoms with Crippen molar-refractivity contribution in [1.29, 1.82) is 0 Å². The molecule has 1 rings (SSSR count). The molecule has 0 aliphatic rings. The molecule has 122 valence electrons. The maximum absolute atomic E-state index is 14.3. The van der Waals surface area contributed by atoms with Gasteiger partial charge in [0.2, 0.25) is 0 Å². The van der Waals surface area contributed by atoms with Gasteiger partial charge in [-0.15, -0.1) is 0 Å². The molecule has 0 heterocycles. The summed E-state index contributed by atoms with van der Waals surface area (Å²) in [5.41, 5.74) is 1.27. The molecule has 2 nitrogen and oxygen atoms in total. The first-order chi connectivity index (χ1) is 10.3. The fourth-order valence-corrected chi connectivity index (χ4v) is 2.65. The van der Waals surface area contributed by atoms with Gasteiger partial charge in [0.25, 0.3) is 5.92 Å². The van der Waals surface area contributed by atoms with E-state index in [4.69, 9.17) is 4.74 Å². The number of alkyl halides is 3. The zero-order chi connectivity index (χ0) is 16.9. The summed E-state index contributed by atoms with van der Waals surface area (Å²) >= 11 is 3.33. The first-order valence-corrected chi connectivity index (χ1v) is 8.23. The number of benzene rings is 1. The zero-order valence-electron chi connectivity index (χ0n) is 13.0. The number of hydrogen-bond acceptors (Lipinski definition) is 2. The largest absolute Gasteiger partial charge is 0.466 e. The highest BCUT2D eigenvalue weighted by Crippen LogP contribution is 2.41. The van der Waals surface area contributed by atoms with Gasteiger partial charge in [0.05, 0.1) is 12.5 Å². The van der Waals surface area contributed by atoms with Gasteiger partial charge in [0, 0.05) is 11.2 Å². The van der Waals surface area contributed by atoms with E-state index in [-0.39, 0.29) is 12.2 Å². The Hall–Kier alpha value is -1.23. The summed E-state index contributed by atoms with van der Waals surface area (Å²) in [7, 11) is 0. The lowest BCUT2D eigenvalue weighted by molar-refractivity contribution is -0.150. The lowest BCUT2D eigenvalue weighted by Gasteiger charge is -2.30. The number of rotatable bonds is 7. The van der Waals surface area contributed by atoms with Crippen molar-refractivity contribution in [3.63, 3.8) is 0 Å². The average molecular weight is 375 g/mol. The first kappa shape index (κ1) is 18.8. The lowest BCUT2D eigenvalue weighted by Crippen LogP contribution is -2.36. The topological polar surface area (TPSA) is 26.3 Å². The molecule has 0 N–H and O–H groups in total. The molecule has 1 aromatic rings. The predicted octanol–water partition coefficient (Wildman–Crippen LogP) is 5.08. The van der Waals surface area contributed by atoms with Gasteiger partial charge in [-0.1, -0.05) is 53.7 Å². The molecule has 0 fully saturated rings. The van der Waals surface area contributed by atoms with Crippen molar-refractivity contribution in [2.45, 2.75) is 37.9 Å². The number of hydrogen-bond donors (Lipinski definition) is 0. The molecule has 0 radical (unpaired) electrons. The Labute approximate surface area is 138 Å². The Morgan fingerprint density at radius 1 is 1.36 bits per heavy atom. The second kappa shape index (κ2) is 7.86. The molecule has 5 heteroatoms. The highest BCUT2D eigenvalue weighted by molar-refractivity contribution is 9.08. The lowest BCUT2D eigenvalue weighted by atomic mass is 9.81. The molecule has 2 unspecified atom stereocenters. The normalized spacial score (nSPS) is 14.3. The number of carbonyl (C=O) groups excluding carboxylic acids is 1. The Kier molecular flexibility index (Phi) is 6.72. The van der Waals surface area contributed by atoms with Crippen LogP contribution in [0.2, 0.25) is 0 Å². The van der Waals surface area contributed by atoms with Gasteiger partial charge < -0.3 is 4.74 Å². The maximum atomic E-state index is 14.3. The number of carbonyl (C=O) groups is 1. The van der Waals surface area contributed by atoms with Gasteiger partial charge in [-0.2, -0.15) is 0 Å². The quantitative estimate of drug-likeness (QED) is 0.378. The zero-order valence-corrected chi connectivity index (χ0v) is 14.6. The molecule has 0 amide bonds. The van der Waals surface area contributed by atoms with Crippen LogP contribution in [0, 0.1) is 5.92 Å². The van der Waals surface area contributed by atoms with Crippen LogP contribution in [0.15, 0.2) is 36.4 Å². The van der Waals surface area contributed by atoms with Crippen LogP contribution in [-0.4, -0.2) is 18.5 Å². The standard InChI is InChI=1S/C17H21BrF2O2/c1-5-22-16(21)15(12(4)17(19,20)11(2)3)14-8-6-13(10-18)7-9-14/h6-9,12,15H,2,5,10H2,1,3-4H3. The fourth-order valence-electron chi connectivity index (χ4n) is 2.27. The van der Waals surface area contributed by atoms with Crippen molar-refractivity contribution < 1.29 is 18.3 Å². The van der Waals surface area contributed by atoms with Crippen LogP contribution in [0.4, 0.5) is 8.78 Å². The second-order valence-electron chi connectivity index (χ2n) is 5.30. The van der Waals surface area contributed by atoms with Crippen molar-refractivity contribution in [3.8, 4) is 0 Å². The van der Waals surface area contributed by atoms with Crippen molar-refractivity contribution in [3.05, 3.63) is 47.5 Å². The van der Waals surface area contributed by atoms with E-state index < -0.39 is 23.7 Å². The molecule has 0 aliphatic carbocycles. The maximum Gasteiger partial charge on any atom is 0.313 e. The van der Waals surface area contributed by atoms with E-state index in [1.165, 1.54) is 13.8 Å². The molecule has 0 aromatic heterocycles. The SMILES string of the molecule is C=C(C)C(F)(F)C(C)C(C(=O)OCC)c1ccc(CBr)cc1. The molecule has 1 aromatic carbocycles. The molecule has 22 heavy (non-hydrogen) atoms. The highest BCUT2D eigenvalue weighted by Gasteiger charge is 2.45. The van der Waals surface area contributed by atoms with Gasteiger partial charge in [0.15, 0.2) is 0 Å². The summed E-state index contributed by atoms with van der Waals surface area (Å²) in [5, 5.41) is 0.662. The summed E-state index contributed by atoms with van der Waals surface area (Å²) in [5.74, 6) is -6.05. The molecule has 0 spiro atoms. The van der Waals surface area contributed by atoms with Crippen LogP contribution in [0.1, 0.15) is 37.8 Å². The van der Waals surface area contributed by atoms with E-state index in [9.17, 15) is 13.6 Å². The Morgan fingerprint density at radius 3 is 2.32 bits per heavy atom. The third-order valence-corrected chi connectivity index (χ3v) is 4.32. The van der Waals surface area contributed by atoms with E-state index in [1.54, 1.807) is 19.1 Å². The minimum Gasteiger partial charge on any atom is -0.466 e. The van der Waals surface area contributed by atoms with Crippen molar-refractivity contribution in [2.24, 2.45) is 5.92 Å². The average Bonchev–Trinajstić information content (AvgIpc) is 2.48. The molecule has 2 atom stereocenters. The van der Waals surface area contributed by atoms with Crippen LogP contribution in [0.3, 0.4) is 0 Å². The van der Waals surface area contributed by atoms with Crippen LogP contribution < -0.4 is 0 Å². The van der Waals surface area contributed by atoms with E-state index >= 15 is 0 Å². The summed E-state index contributed by atoms with van der Waals surface area (Å²) in [6, 6.07) is 7.01. The van der Waals surface area contributed by atoms with Gasteiger partial charge >= 0.3 is 5.97 Å². The van der Waals surface area contributed by atoms with Gasteiger partial charge in [0.1, 0.15) is 0 Å². The van der Waals surface area contributed by atoms with Crippen molar-refractivity contribution in [2.75, 3.05) is 6.61 Å². The van der Waals surface area contributed by atoms with Crippen LogP contribution in [-0.2, 0) is 14.9 Å². The van der Waals surface area contributed by atoms with Crippen LogP contribution >= 0.6 is 15.9 Å². The molecule has 0 saturated carbocycles. The number of halogens is 3. The Bertz CT molecular complexity index is 526. The Balaban J connectivity index is 3.22. The monoisotopic (exact) mass is 374 g/mol. The van der Waals surface area contributed by atoms with Crippen LogP contribution in [0.25, 0.3) is 0 Å². The number of ether oxygens (including phenoxy) is 1. The predicted molar refractivity (Wildman–Crippen MR) is 87.4 cm³/mol. The van der Waals surface area contributed by atoms with E-state index in [1.807, 2.05) is 12.1 Å². The van der Waals surface area contributed by atoms with Gasteiger partial charge in [-0.25, -0.2) is 8.78 Å². The van der Waals surface area contributed by atoms with E-state index in [2.05, 4.69) is 22.5 Å². The minimum atomic E-state index is -3.15. The summed E-state index contributed by atoms with van der Waals surface area (Å²) < 4.78 is 33.6. The van der Waals surface area contributed by atoms with Gasteiger partial charge in [-0.05, 0) is 30.5 Å². The summed E-state index contributed by atoms with van der Waals surface area (Å²) in [6.07, 6.45) is 0. The highest BCUT2D eigenvalue weighted by atomic mass is 79.9. The third kappa shape index (κ3) is 4.15. The summed E-state index contributed by atoms with van der Waals surface area (Å²) in [4.78, 5) is 12.2. The molecular weight excluding hydrogens is 354 g/mol. The van der Waals surface area contributed by atoms with Crippen molar-refractivity contribution >= 4 is 21.9 Å². The third-order valence-electron chi connectivity index (χ3n) is 3.67. The number of esters is 1.